The summed E-state index contributed by atoms with van der Waals surface area (Å²) in [6.45, 7) is 4.78. The van der Waals surface area contributed by atoms with E-state index in [4.69, 9.17) is 10.9 Å². The molecule has 0 aromatic rings. The number of rotatable bonds is 4. The fourth-order valence-corrected chi connectivity index (χ4v) is 2.53. The average Bonchev–Trinajstić information content (AvgIpc) is 2.23. The first kappa shape index (κ1) is 15.4. The third kappa shape index (κ3) is 4.89. The summed E-state index contributed by atoms with van der Waals surface area (Å²) >= 11 is 0. The van der Waals surface area contributed by atoms with Gasteiger partial charge in [0.2, 0.25) is 5.91 Å². The molecule has 1 rings (SSSR count). The maximum Gasteiger partial charge on any atom is 0.274 e. The molecule has 8 heteroatoms. The van der Waals surface area contributed by atoms with Gasteiger partial charge in [0.25, 0.3) is 10.2 Å². The molecule has 1 saturated heterocycles. The Morgan fingerprint density at radius 3 is 2.61 bits per heavy atom. The highest BCUT2D eigenvalue weighted by Crippen LogP contribution is 2.18. The third-order valence-electron chi connectivity index (χ3n) is 2.93. The van der Waals surface area contributed by atoms with Crippen LogP contribution in [-0.2, 0) is 15.0 Å². The number of amides is 1. The molecule has 0 aliphatic carbocycles. The van der Waals surface area contributed by atoms with Gasteiger partial charge in [-0.3, -0.25) is 4.79 Å². The lowest BCUT2D eigenvalue weighted by Crippen LogP contribution is -2.54. The van der Waals surface area contributed by atoms with Gasteiger partial charge in [-0.1, -0.05) is 0 Å². The molecule has 0 bridgehead atoms. The van der Waals surface area contributed by atoms with Crippen molar-refractivity contribution in [2.45, 2.75) is 32.2 Å². The van der Waals surface area contributed by atoms with Gasteiger partial charge in [-0.25, -0.2) is 9.86 Å². The van der Waals surface area contributed by atoms with Gasteiger partial charge in [0, 0.05) is 19.6 Å². The van der Waals surface area contributed by atoms with E-state index in [1.54, 1.807) is 18.7 Å². The van der Waals surface area contributed by atoms with Crippen LogP contribution in [0.3, 0.4) is 0 Å². The van der Waals surface area contributed by atoms with Crippen LogP contribution in [0.5, 0.6) is 0 Å². The zero-order valence-corrected chi connectivity index (χ0v) is 11.7. The minimum Gasteiger partial charge on any atom is -0.341 e. The van der Waals surface area contributed by atoms with Gasteiger partial charge in [0.15, 0.2) is 0 Å². The van der Waals surface area contributed by atoms with Crippen LogP contribution in [0.2, 0.25) is 0 Å². The van der Waals surface area contributed by atoms with Crippen molar-refractivity contribution in [3.63, 3.8) is 0 Å². The van der Waals surface area contributed by atoms with Crippen LogP contribution in [0.4, 0.5) is 0 Å². The number of nitrogens with zero attached hydrogens (tertiary/aromatic N) is 1. The van der Waals surface area contributed by atoms with E-state index in [9.17, 15) is 13.2 Å². The van der Waals surface area contributed by atoms with Crippen molar-refractivity contribution in [2.24, 2.45) is 16.8 Å². The van der Waals surface area contributed by atoms with Crippen LogP contribution >= 0.6 is 0 Å². The molecule has 1 aliphatic rings. The van der Waals surface area contributed by atoms with Crippen molar-refractivity contribution in [3.8, 4) is 0 Å². The molecule has 1 unspecified atom stereocenters. The molecule has 1 atom stereocenters. The number of hydrogen-bond donors (Lipinski definition) is 3. The van der Waals surface area contributed by atoms with Crippen LogP contribution < -0.4 is 15.6 Å². The highest BCUT2D eigenvalue weighted by molar-refractivity contribution is 7.87. The van der Waals surface area contributed by atoms with Crippen molar-refractivity contribution in [1.29, 1.82) is 0 Å². The minimum absolute atomic E-state index is 0.0865. The summed E-state index contributed by atoms with van der Waals surface area (Å²) in [5.41, 5.74) is 4.88. The lowest BCUT2D eigenvalue weighted by molar-refractivity contribution is -0.137. The molecule has 0 aromatic heterocycles. The second-order valence-corrected chi connectivity index (χ2v) is 6.75. The molecule has 18 heavy (non-hydrogen) atoms. The number of piperidine rings is 1. The van der Waals surface area contributed by atoms with E-state index >= 15 is 0 Å². The summed E-state index contributed by atoms with van der Waals surface area (Å²) in [4.78, 5) is 13.7. The van der Waals surface area contributed by atoms with Gasteiger partial charge < -0.3 is 10.6 Å². The Morgan fingerprint density at radius 2 is 2.11 bits per heavy atom. The van der Waals surface area contributed by atoms with Gasteiger partial charge in [0.1, 0.15) is 0 Å². The third-order valence-corrected chi connectivity index (χ3v) is 3.50. The van der Waals surface area contributed by atoms with Crippen LogP contribution in [0, 0.1) is 5.92 Å². The quantitative estimate of drug-likeness (QED) is 0.595. The van der Waals surface area contributed by atoms with Crippen LogP contribution in [0.1, 0.15) is 26.7 Å². The number of nitrogens with one attached hydrogen (secondary N) is 1. The Bertz CT molecular complexity index is 402. The van der Waals surface area contributed by atoms with E-state index in [2.05, 4.69) is 4.72 Å². The van der Waals surface area contributed by atoms with Gasteiger partial charge >= 0.3 is 0 Å². The minimum atomic E-state index is -3.67. The molecule has 0 saturated carbocycles. The van der Waals surface area contributed by atoms with Crippen molar-refractivity contribution in [3.05, 3.63) is 0 Å². The molecule has 106 valence electrons. The standard InChI is InChI=1S/C10H22N4O3S/c1-10(2,11)9(15)14-5-3-4-8(7-14)6-13-18(12,16)17/h8,13H,3-7,11H2,1-2H3,(H2,12,16,17). The molecular formula is C10H22N4O3S. The zero-order valence-electron chi connectivity index (χ0n) is 10.8. The monoisotopic (exact) mass is 278 g/mol. The SMILES string of the molecule is CC(C)(N)C(=O)N1CCCC(CNS(N)(=O)=O)C1. The highest BCUT2D eigenvalue weighted by Gasteiger charge is 2.31. The summed E-state index contributed by atoms with van der Waals surface area (Å²) in [6.07, 6.45) is 1.72. The van der Waals surface area contributed by atoms with Crippen LogP contribution in [0.25, 0.3) is 0 Å². The van der Waals surface area contributed by atoms with Crippen molar-refractivity contribution >= 4 is 16.1 Å². The summed E-state index contributed by atoms with van der Waals surface area (Å²) in [6, 6.07) is 0. The first-order valence-corrected chi connectivity index (χ1v) is 7.50. The van der Waals surface area contributed by atoms with Crippen LogP contribution in [0.15, 0.2) is 0 Å². The normalized spacial score (nSPS) is 22.0. The van der Waals surface area contributed by atoms with E-state index in [0.29, 0.717) is 13.1 Å². The van der Waals surface area contributed by atoms with E-state index in [1.807, 2.05) is 0 Å². The molecule has 0 aromatic carbocycles. The second-order valence-electron chi connectivity index (χ2n) is 5.37. The summed E-state index contributed by atoms with van der Waals surface area (Å²) in [5.74, 6) is -0.0221. The summed E-state index contributed by atoms with van der Waals surface area (Å²) < 4.78 is 23.9. The smallest absolute Gasteiger partial charge is 0.274 e. The number of carbonyl (C=O) groups is 1. The van der Waals surface area contributed by atoms with Gasteiger partial charge in [-0.2, -0.15) is 8.42 Å². The molecule has 1 aliphatic heterocycles. The molecule has 5 N–H and O–H groups in total. The lowest BCUT2D eigenvalue weighted by atomic mass is 9.96. The van der Waals surface area contributed by atoms with Gasteiger partial charge in [0.05, 0.1) is 5.54 Å². The highest BCUT2D eigenvalue weighted by atomic mass is 32.2. The molecule has 7 nitrogen and oxygen atoms in total. The number of nitrogens with two attached hydrogens (primary N) is 2. The first-order chi connectivity index (χ1) is 8.09. The van der Waals surface area contributed by atoms with E-state index in [-0.39, 0.29) is 18.4 Å². The average molecular weight is 278 g/mol. The topological polar surface area (TPSA) is 119 Å². The Kier molecular flexibility index (Phi) is 4.71. The number of likely N-dealkylation sites (tertiary alicyclic amines) is 1. The second kappa shape index (κ2) is 5.52. The predicted octanol–water partition coefficient (Wildman–Crippen LogP) is -1.24. The molecule has 1 heterocycles. The fraction of sp³-hybridized carbons (Fsp3) is 0.900. The maximum atomic E-state index is 12.0. The Balaban J connectivity index is 2.54. The van der Waals surface area contributed by atoms with E-state index in [1.165, 1.54) is 0 Å². The van der Waals surface area contributed by atoms with Crippen molar-refractivity contribution in [2.75, 3.05) is 19.6 Å². The van der Waals surface area contributed by atoms with Crippen LogP contribution in [-0.4, -0.2) is 44.4 Å². The zero-order chi connectivity index (χ0) is 14.0. The van der Waals surface area contributed by atoms with Gasteiger partial charge in [-0.15, -0.1) is 0 Å². The van der Waals surface area contributed by atoms with E-state index < -0.39 is 15.7 Å². The van der Waals surface area contributed by atoms with Gasteiger partial charge in [-0.05, 0) is 32.6 Å². The Hall–Kier alpha value is -0.700. The van der Waals surface area contributed by atoms with E-state index in [0.717, 1.165) is 12.8 Å². The van der Waals surface area contributed by atoms with Crippen molar-refractivity contribution < 1.29 is 13.2 Å². The maximum absolute atomic E-state index is 12.0. The molecular weight excluding hydrogens is 256 g/mol. The van der Waals surface area contributed by atoms with Crippen molar-refractivity contribution in [1.82, 2.24) is 9.62 Å². The number of hydrogen-bond acceptors (Lipinski definition) is 4. The Labute approximate surface area is 108 Å². The number of carbonyl (C=O) groups excluding carboxylic acids is 1. The molecule has 0 spiro atoms. The summed E-state index contributed by atoms with van der Waals surface area (Å²) in [5, 5.41) is 4.88. The first-order valence-electron chi connectivity index (χ1n) is 5.95. The summed E-state index contributed by atoms with van der Waals surface area (Å²) in [7, 11) is -3.67. The Morgan fingerprint density at radius 1 is 1.50 bits per heavy atom. The predicted molar refractivity (Wildman–Crippen MR) is 68.7 cm³/mol. The molecule has 1 amide bonds. The lowest BCUT2D eigenvalue weighted by Gasteiger charge is -2.36. The largest absolute Gasteiger partial charge is 0.341 e. The molecule has 1 fully saturated rings. The fourth-order valence-electron chi connectivity index (χ4n) is 2.06. The molecule has 0 radical (unpaired) electrons.